The van der Waals surface area contributed by atoms with Gasteiger partial charge in [-0.15, -0.1) is 0 Å². The zero-order valence-corrected chi connectivity index (χ0v) is 19.9. The van der Waals surface area contributed by atoms with Gasteiger partial charge in [0.05, 0.1) is 30.6 Å². The van der Waals surface area contributed by atoms with E-state index >= 15 is 4.39 Å². The quantitative estimate of drug-likeness (QED) is 0.493. The molecule has 35 heavy (non-hydrogen) atoms. The molecule has 3 aromatic rings. The fraction of sp³-hybridized carbons (Fsp3) is 0.500. The molecule has 1 aliphatic carbocycles. The first-order chi connectivity index (χ1) is 16.8. The Morgan fingerprint density at radius 1 is 1.11 bits per heavy atom. The third kappa shape index (κ3) is 4.48. The van der Waals surface area contributed by atoms with E-state index in [1.165, 1.54) is 6.07 Å². The molecular formula is C26H30F2N4O3. The van der Waals surface area contributed by atoms with E-state index in [1.807, 2.05) is 13.8 Å². The van der Waals surface area contributed by atoms with Gasteiger partial charge in [0.1, 0.15) is 17.0 Å². The summed E-state index contributed by atoms with van der Waals surface area (Å²) in [4.78, 5) is 12.7. The van der Waals surface area contributed by atoms with Gasteiger partial charge in [-0.2, -0.15) is 0 Å². The number of hydrogen-bond acceptors (Lipinski definition) is 7. The van der Waals surface area contributed by atoms with Crippen molar-refractivity contribution < 1.29 is 23.7 Å². The molecule has 0 bridgehead atoms. The molecule has 186 valence electrons. The summed E-state index contributed by atoms with van der Waals surface area (Å²) in [5.41, 5.74) is 0.927. The van der Waals surface area contributed by atoms with Crippen LogP contribution in [0, 0.1) is 11.6 Å². The monoisotopic (exact) mass is 484 g/mol. The van der Waals surface area contributed by atoms with E-state index in [-0.39, 0.29) is 41.3 Å². The maximum atomic E-state index is 15.3. The summed E-state index contributed by atoms with van der Waals surface area (Å²) in [5.74, 6) is -1.15. The van der Waals surface area contributed by atoms with Crippen molar-refractivity contribution in [2.75, 3.05) is 18.5 Å². The number of nitrogens with zero attached hydrogens (tertiary/aromatic N) is 3. The zero-order valence-electron chi connectivity index (χ0n) is 19.9. The van der Waals surface area contributed by atoms with Gasteiger partial charge < -0.3 is 20.3 Å². The molecule has 7 nitrogen and oxygen atoms in total. The molecule has 0 radical (unpaired) electrons. The number of halogens is 2. The predicted molar refractivity (Wildman–Crippen MR) is 128 cm³/mol. The maximum Gasteiger partial charge on any atom is 0.223 e. The van der Waals surface area contributed by atoms with E-state index in [0.717, 1.165) is 24.6 Å². The second-order valence-electron chi connectivity index (χ2n) is 9.91. The summed E-state index contributed by atoms with van der Waals surface area (Å²) < 4.78 is 35.4. The summed E-state index contributed by atoms with van der Waals surface area (Å²) in [7, 11) is 0. The normalized spacial score (nSPS) is 22.1. The Bertz CT molecular complexity index is 1250. The number of anilines is 1. The number of hydrogen-bond donors (Lipinski definition) is 3. The molecule has 3 N–H and O–H groups in total. The van der Waals surface area contributed by atoms with Crippen LogP contribution >= 0.6 is 0 Å². The summed E-state index contributed by atoms with van der Waals surface area (Å²) >= 11 is 0. The van der Waals surface area contributed by atoms with Crippen LogP contribution in [0.25, 0.3) is 22.2 Å². The molecule has 0 spiro atoms. The van der Waals surface area contributed by atoms with E-state index in [2.05, 4.69) is 20.3 Å². The van der Waals surface area contributed by atoms with Crippen LogP contribution in [-0.2, 0) is 10.3 Å². The second kappa shape index (κ2) is 9.37. The van der Waals surface area contributed by atoms with Crippen molar-refractivity contribution >= 4 is 16.9 Å². The molecule has 9 heteroatoms. The van der Waals surface area contributed by atoms with Crippen molar-refractivity contribution in [3.8, 4) is 11.3 Å². The van der Waals surface area contributed by atoms with Gasteiger partial charge >= 0.3 is 0 Å². The topological polar surface area (TPSA) is 100 Å². The van der Waals surface area contributed by atoms with E-state index in [1.54, 1.807) is 12.3 Å². The number of benzene rings is 1. The number of rotatable bonds is 5. The largest absolute Gasteiger partial charge is 0.389 e. The highest BCUT2D eigenvalue weighted by atomic mass is 19.1. The zero-order chi connectivity index (χ0) is 24.7. The molecule has 1 saturated carbocycles. The number of pyridine rings is 1. The van der Waals surface area contributed by atoms with Gasteiger partial charge in [-0.25, -0.2) is 18.7 Å². The third-order valence-corrected chi connectivity index (χ3v) is 7.13. The lowest BCUT2D eigenvalue weighted by atomic mass is 9.83. The Morgan fingerprint density at radius 2 is 1.89 bits per heavy atom. The lowest BCUT2D eigenvalue weighted by Gasteiger charge is -2.28. The first kappa shape index (κ1) is 24.0. The highest BCUT2D eigenvalue weighted by molar-refractivity contribution is 5.88. The predicted octanol–water partition coefficient (Wildman–Crippen LogP) is 4.42. The Morgan fingerprint density at radius 3 is 2.60 bits per heavy atom. The van der Waals surface area contributed by atoms with Crippen molar-refractivity contribution in [2.45, 2.75) is 69.6 Å². The number of aromatic nitrogens is 3. The highest BCUT2D eigenvalue weighted by Gasteiger charge is 2.36. The summed E-state index contributed by atoms with van der Waals surface area (Å²) in [6.07, 6.45) is 5.56. The first-order valence-electron chi connectivity index (χ1n) is 12.2. The Hall–Kier alpha value is -2.75. The van der Waals surface area contributed by atoms with Crippen molar-refractivity contribution in [3.63, 3.8) is 0 Å². The lowest BCUT2D eigenvalue weighted by molar-refractivity contribution is -0.0136. The van der Waals surface area contributed by atoms with Crippen molar-refractivity contribution in [3.05, 3.63) is 47.3 Å². The number of aliphatic hydroxyl groups excluding tert-OH is 1. The molecule has 0 amide bonds. The van der Waals surface area contributed by atoms with Crippen molar-refractivity contribution in [2.24, 2.45) is 0 Å². The summed E-state index contributed by atoms with van der Waals surface area (Å²) in [6, 6.07) is 2.59. The SMILES string of the molecule is CC(C)c1c(C2(O)CCCC2)cnc2c(F)cc(-c3nc(N[C@@H]4CCOC[C@@H]4O)ncc3F)cc12. The van der Waals surface area contributed by atoms with Crippen LogP contribution in [0.15, 0.2) is 24.5 Å². The van der Waals surface area contributed by atoms with Crippen LogP contribution in [-0.4, -0.2) is 50.5 Å². The highest BCUT2D eigenvalue weighted by Crippen LogP contribution is 2.44. The summed E-state index contributed by atoms with van der Waals surface area (Å²) in [6.45, 7) is 4.67. The molecule has 1 aromatic carbocycles. The van der Waals surface area contributed by atoms with Crippen LogP contribution in [0.1, 0.15) is 63.0 Å². The number of ether oxygens (including phenoxy) is 1. The van der Waals surface area contributed by atoms with E-state index in [4.69, 9.17) is 4.74 Å². The fourth-order valence-corrected chi connectivity index (χ4v) is 5.33. The van der Waals surface area contributed by atoms with Crippen LogP contribution in [0.4, 0.5) is 14.7 Å². The van der Waals surface area contributed by atoms with Gasteiger partial charge in [-0.05, 0) is 42.9 Å². The molecule has 2 aliphatic rings. The van der Waals surface area contributed by atoms with E-state index in [9.17, 15) is 14.6 Å². The molecule has 2 fully saturated rings. The smallest absolute Gasteiger partial charge is 0.223 e. The van der Waals surface area contributed by atoms with Gasteiger partial charge in [0.25, 0.3) is 0 Å². The number of fused-ring (bicyclic) bond motifs is 1. The van der Waals surface area contributed by atoms with Crippen LogP contribution < -0.4 is 5.32 Å². The minimum Gasteiger partial charge on any atom is -0.389 e. The minimum absolute atomic E-state index is 0.0164. The Kier molecular flexibility index (Phi) is 6.41. The van der Waals surface area contributed by atoms with Gasteiger partial charge in [0.2, 0.25) is 5.95 Å². The average Bonchev–Trinajstić information content (AvgIpc) is 3.28. The Labute approximate surface area is 202 Å². The van der Waals surface area contributed by atoms with Gasteiger partial charge in [0, 0.05) is 29.3 Å². The average molecular weight is 485 g/mol. The number of aliphatic hydroxyl groups is 2. The first-order valence-corrected chi connectivity index (χ1v) is 12.2. The fourth-order valence-electron chi connectivity index (χ4n) is 5.33. The van der Waals surface area contributed by atoms with Crippen LogP contribution in [0.2, 0.25) is 0 Å². The van der Waals surface area contributed by atoms with Crippen LogP contribution in [0.5, 0.6) is 0 Å². The Balaban J connectivity index is 1.61. The van der Waals surface area contributed by atoms with Crippen molar-refractivity contribution in [1.82, 2.24) is 15.0 Å². The standard InChI is InChI=1S/C26H30F2N4O3/c1-14(2)22-16-9-15(10-18(27)24(16)29-11-17(22)26(34)6-3-4-7-26)23-19(28)12-30-25(32-23)31-20-5-8-35-13-21(20)33/h9-12,14,20-21,33-34H,3-8,13H2,1-2H3,(H,30,31,32)/t20-,21+/m1/s1. The van der Waals surface area contributed by atoms with E-state index in [0.29, 0.717) is 36.8 Å². The third-order valence-electron chi connectivity index (χ3n) is 7.13. The maximum absolute atomic E-state index is 15.3. The molecule has 2 atom stereocenters. The molecule has 5 rings (SSSR count). The van der Waals surface area contributed by atoms with Gasteiger partial charge in [-0.1, -0.05) is 26.7 Å². The van der Waals surface area contributed by atoms with E-state index < -0.39 is 23.3 Å². The number of nitrogens with one attached hydrogen (secondary N) is 1. The lowest BCUT2D eigenvalue weighted by Crippen LogP contribution is -2.42. The van der Waals surface area contributed by atoms with Crippen molar-refractivity contribution in [1.29, 1.82) is 0 Å². The van der Waals surface area contributed by atoms with Gasteiger partial charge in [-0.3, -0.25) is 4.98 Å². The molecule has 1 aliphatic heterocycles. The molecule has 2 aromatic heterocycles. The molecular weight excluding hydrogens is 454 g/mol. The molecule has 0 unspecified atom stereocenters. The molecule has 3 heterocycles. The second-order valence-corrected chi connectivity index (χ2v) is 9.91. The van der Waals surface area contributed by atoms with Crippen LogP contribution in [0.3, 0.4) is 0 Å². The summed E-state index contributed by atoms with van der Waals surface area (Å²) in [5, 5.41) is 25.0. The minimum atomic E-state index is -0.991. The molecule has 1 saturated heterocycles. The van der Waals surface area contributed by atoms with Gasteiger partial charge in [0.15, 0.2) is 5.82 Å².